The van der Waals surface area contributed by atoms with E-state index in [-0.39, 0.29) is 6.10 Å². The molecule has 0 aromatic carbocycles. The van der Waals surface area contributed by atoms with Crippen molar-refractivity contribution in [1.29, 1.82) is 0 Å². The van der Waals surface area contributed by atoms with Crippen molar-refractivity contribution in [3.63, 3.8) is 0 Å². The molecular formula is C10H19ClN4O. The number of hydrogen-bond donors (Lipinski definition) is 0. The van der Waals surface area contributed by atoms with Crippen LogP contribution in [0.5, 0.6) is 0 Å². The van der Waals surface area contributed by atoms with Crippen LogP contribution >= 0.6 is 11.6 Å². The first-order valence-electron chi connectivity index (χ1n) is 5.25. The number of aromatic nitrogens is 3. The first-order chi connectivity index (χ1) is 7.60. The Balaban J connectivity index is 2.86. The molecular weight excluding hydrogens is 228 g/mol. The Morgan fingerprint density at radius 2 is 2.19 bits per heavy atom. The van der Waals surface area contributed by atoms with Gasteiger partial charge in [0.05, 0.1) is 24.2 Å². The van der Waals surface area contributed by atoms with Crippen LogP contribution in [-0.4, -0.2) is 47.6 Å². The second kappa shape index (κ2) is 6.18. The van der Waals surface area contributed by atoms with Crippen LogP contribution < -0.4 is 0 Å². The molecule has 0 aliphatic heterocycles. The molecule has 1 aromatic rings. The molecule has 6 heteroatoms. The second-order valence-corrected chi connectivity index (χ2v) is 4.23. The maximum atomic E-state index is 5.83. The number of nitrogens with zero attached hydrogens (tertiary/aromatic N) is 4. The highest BCUT2D eigenvalue weighted by atomic mass is 35.5. The molecule has 0 saturated carbocycles. The third kappa shape index (κ3) is 3.17. The fourth-order valence-corrected chi connectivity index (χ4v) is 1.66. The van der Waals surface area contributed by atoms with E-state index in [9.17, 15) is 0 Å². The van der Waals surface area contributed by atoms with E-state index in [1.165, 1.54) is 0 Å². The van der Waals surface area contributed by atoms with E-state index in [0.717, 1.165) is 24.5 Å². The fourth-order valence-electron chi connectivity index (χ4n) is 1.47. The summed E-state index contributed by atoms with van der Waals surface area (Å²) in [5.74, 6) is 0.366. The van der Waals surface area contributed by atoms with Gasteiger partial charge in [-0.3, -0.25) is 0 Å². The van der Waals surface area contributed by atoms with E-state index in [2.05, 4.69) is 15.2 Å². The van der Waals surface area contributed by atoms with Crippen molar-refractivity contribution in [3.8, 4) is 0 Å². The number of rotatable bonds is 6. The van der Waals surface area contributed by atoms with E-state index in [4.69, 9.17) is 16.3 Å². The van der Waals surface area contributed by atoms with Gasteiger partial charge in [-0.2, -0.15) is 0 Å². The van der Waals surface area contributed by atoms with E-state index in [1.807, 2.05) is 25.7 Å². The minimum Gasteiger partial charge on any atom is -0.375 e. The predicted molar refractivity (Wildman–Crippen MR) is 63.6 cm³/mol. The number of ether oxygens (including phenoxy) is 1. The molecule has 0 aliphatic carbocycles. The predicted octanol–water partition coefficient (Wildman–Crippen LogP) is 1.29. The Morgan fingerprint density at radius 3 is 2.69 bits per heavy atom. The van der Waals surface area contributed by atoms with Crippen LogP contribution in [0, 0.1) is 0 Å². The van der Waals surface area contributed by atoms with Crippen molar-refractivity contribution in [2.24, 2.45) is 0 Å². The lowest BCUT2D eigenvalue weighted by Crippen LogP contribution is -2.21. The third-order valence-corrected chi connectivity index (χ3v) is 2.72. The Morgan fingerprint density at radius 1 is 1.50 bits per heavy atom. The van der Waals surface area contributed by atoms with Crippen LogP contribution in [-0.2, 0) is 17.2 Å². The molecule has 0 fully saturated rings. The van der Waals surface area contributed by atoms with Crippen molar-refractivity contribution in [2.45, 2.75) is 25.5 Å². The molecule has 1 heterocycles. The third-order valence-electron chi connectivity index (χ3n) is 2.47. The molecule has 0 bridgehead atoms. The summed E-state index contributed by atoms with van der Waals surface area (Å²) in [4.78, 5) is 2.10. The van der Waals surface area contributed by atoms with Gasteiger partial charge in [0, 0.05) is 13.7 Å². The zero-order chi connectivity index (χ0) is 12.1. The number of halogens is 1. The minimum atomic E-state index is -0.0362. The minimum absolute atomic E-state index is 0.0362. The molecule has 0 spiro atoms. The van der Waals surface area contributed by atoms with E-state index < -0.39 is 0 Å². The molecule has 0 saturated heterocycles. The van der Waals surface area contributed by atoms with Gasteiger partial charge in [0.2, 0.25) is 0 Å². The van der Waals surface area contributed by atoms with E-state index in [1.54, 1.807) is 7.11 Å². The van der Waals surface area contributed by atoms with E-state index >= 15 is 0 Å². The molecule has 0 N–H and O–H groups in total. The lowest BCUT2D eigenvalue weighted by atomic mass is 10.2. The van der Waals surface area contributed by atoms with Crippen LogP contribution in [0.2, 0.25) is 0 Å². The van der Waals surface area contributed by atoms with Gasteiger partial charge in [0.15, 0.2) is 0 Å². The lowest BCUT2D eigenvalue weighted by Gasteiger charge is -2.15. The summed E-state index contributed by atoms with van der Waals surface area (Å²) in [6, 6.07) is 0. The first kappa shape index (κ1) is 13.4. The van der Waals surface area contributed by atoms with Gasteiger partial charge in [-0.25, -0.2) is 4.68 Å². The van der Waals surface area contributed by atoms with Crippen molar-refractivity contribution >= 4 is 11.6 Å². The number of likely N-dealkylation sites (N-methyl/N-ethyl adjacent to an activating group) is 1. The number of alkyl halides is 1. The van der Waals surface area contributed by atoms with Crippen molar-refractivity contribution < 1.29 is 4.74 Å². The molecule has 16 heavy (non-hydrogen) atoms. The van der Waals surface area contributed by atoms with Gasteiger partial charge >= 0.3 is 0 Å². The SMILES string of the molecule is COC(C)c1c(CCl)nnn1CCN(C)C. The van der Waals surface area contributed by atoms with Gasteiger partial charge in [-0.05, 0) is 21.0 Å². The summed E-state index contributed by atoms with van der Waals surface area (Å²) in [7, 11) is 5.73. The van der Waals surface area contributed by atoms with Crippen LogP contribution in [0.15, 0.2) is 0 Å². The van der Waals surface area contributed by atoms with Crippen molar-refractivity contribution in [3.05, 3.63) is 11.4 Å². The quantitative estimate of drug-likeness (QED) is 0.710. The Labute approximate surface area is 101 Å². The van der Waals surface area contributed by atoms with Crippen molar-refractivity contribution in [2.75, 3.05) is 27.7 Å². The Kier molecular flexibility index (Phi) is 5.18. The first-order valence-corrected chi connectivity index (χ1v) is 5.79. The zero-order valence-corrected chi connectivity index (χ0v) is 11.0. The molecule has 5 nitrogen and oxygen atoms in total. The monoisotopic (exact) mass is 246 g/mol. The van der Waals surface area contributed by atoms with Gasteiger partial charge in [0.1, 0.15) is 5.69 Å². The Bertz CT molecular complexity index is 327. The maximum Gasteiger partial charge on any atom is 0.103 e. The molecule has 92 valence electrons. The highest BCUT2D eigenvalue weighted by Crippen LogP contribution is 2.20. The van der Waals surface area contributed by atoms with Gasteiger partial charge in [-0.1, -0.05) is 5.21 Å². The van der Waals surface area contributed by atoms with Crippen molar-refractivity contribution in [1.82, 2.24) is 19.9 Å². The highest BCUT2D eigenvalue weighted by molar-refractivity contribution is 6.16. The maximum absolute atomic E-state index is 5.83. The van der Waals surface area contributed by atoms with Crippen LogP contribution in [0.3, 0.4) is 0 Å². The summed E-state index contributed by atoms with van der Waals surface area (Å²) in [5, 5.41) is 8.17. The standard InChI is InChI=1S/C10H19ClN4O/c1-8(16-4)10-9(7-11)12-13-15(10)6-5-14(2)3/h8H,5-7H2,1-4H3. The summed E-state index contributed by atoms with van der Waals surface area (Å²) >= 11 is 5.83. The van der Waals surface area contributed by atoms with Crippen LogP contribution in [0.4, 0.5) is 0 Å². The summed E-state index contributed by atoms with van der Waals surface area (Å²) < 4.78 is 7.18. The average Bonchev–Trinajstić information content (AvgIpc) is 2.68. The summed E-state index contributed by atoms with van der Waals surface area (Å²) in [6.45, 7) is 3.68. The number of methoxy groups -OCH3 is 1. The van der Waals surface area contributed by atoms with Gasteiger partial charge in [-0.15, -0.1) is 16.7 Å². The average molecular weight is 247 g/mol. The fraction of sp³-hybridized carbons (Fsp3) is 0.800. The molecule has 0 aliphatic rings. The summed E-state index contributed by atoms with van der Waals surface area (Å²) in [5.41, 5.74) is 1.77. The molecule has 1 rings (SSSR count). The summed E-state index contributed by atoms with van der Waals surface area (Å²) in [6.07, 6.45) is -0.0362. The lowest BCUT2D eigenvalue weighted by molar-refractivity contribution is 0.110. The van der Waals surface area contributed by atoms with Gasteiger partial charge in [0.25, 0.3) is 0 Å². The van der Waals surface area contributed by atoms with Gasteiger partial charge < -0.3 is 9.64 Å². The molecule has 0 radical (unpaired) electrons. The smallest absolute Gasteiger partial charge is 0.103 e. The van der Waals surface area contributed by atoms with E-state index in [0.29, 0.717) is 5.88 Å². The zero-order valence-electron chi connectivity index (χ0n) is 10.3. The molecule has 1 atom stereocenters. The van der Waals surface area contributed by atoms with Crippen LogP contribution in [0.1, 0.15) is 24.4 Å². The Hall–Kier alpha value is -0.650. The van der Waals surface area contributed by atoms with Crippen LogP contribution in [0.25, 0.3) is 0 Å². The number of hydrogen-bond acceptors (Lipinski definition) is 4. The topological polar surface area (TPSA) is 43.2 Å². The molecule has 0 amide bonds. The highest BCUT2D eigenvalue weighted by Gasteiger charge is 2.17. The molecule has 1 unspecified atom stereocenters. The molecule has 1 aromatic heterocycles. The second-order valence-electron chi connectivity index (χ2n) is 3.96. The normalized spacial score (nSPS) is 13.4. The largest absolute Gasteiger partial charge is 0.375 e.